The van der Waals surface area contributed by atoms with Gasteiger partial charge in [-0.2, -0.15) is 0 Å². The SMILES string of the molecule is O=c1cc(-c2ccc3c(c2)OCO3)cc[nH]1. The number of aromatic nitrogens is 1. The predicted octanol–water partition coefficient (Wildman–Crippen LogP) is 1.77. The van der Waals surface area contributed by atoms with Gasteiger partial charge in [0.25, 0.3) is 0 Å². The predicted molar refractivity (Wildman–Crippen MR) is 58.6 cm³/mol. The second kappa shape index (κ2) is 3.41. The molecule has 1 aromatic heterocycles. The first-order valence-corrected chi connectivity index (χ1v) is 4.92. The smallest absolute Gasteiger partial charge is 0.248 e. The first-order valence-electron chi connectivity index (χ1n) is 4.92. The van der Waals surface area contributed by atoms with Crippen LogP contribution in [0.25, 0.3) is 11.1 Å². The molecule has 0 radical (unpaired) electrons. The molecule has 4 heteroatoms. The van der Waals surface area contributed by atoms with Crippen LogP contribution in [0.3, 0.4) is 0 Å². The molecule has 0 atom stereocenters. The summed E-state index contributed by atoms with van der Waals surface area (Å²) in [6.07, 6.45) is 1.63. The Bertz CT molecular complexity index is 589. The Labute approximate surface area is 91.5 Å². The molecule has 1 aliphatic rings. The molecule has 2 aromatic rings. The third-order valence-corrected chi connectivity index (χ3v) is 2.48. The summed E-state index contributed by atoms with van der Waals surface area (Å²) in [7, 11) is 0. The lowest BCUT2D eigenvalue weighted by Gasteiger charge is -2.02. The highest BCUT2D eigenvalue weighted by molar-refractivity contribution is 5.66. The number of hydrogen-bond donors (Lipinski definition) is 1. The molecular formula is C12H9NO3. The lowest BCUT2D eigenvalue weighted by molar-refractivity contribution is 0.174. The number of aromatic amines is 1. The molecule has 0 fully saturated rings. The lowest BCUT2D eigenvalue weighted by Crippen LogP contribution is -2.01. The Morgan fingerprint density at radius 1 is 1.00 bits per heavy atom. The molecule has 1 aliphatic heterocycles. The number of H-pyrrole nitrogens is 1. The van der Waals surface area contributed by atoms with Gasteiger partial charge in [-0.05, 0) is 29.3 Å². The van der Waals surface area contributed by atoms with E-state index in [0.29, 0.717) is 0 Å². The van der Waals surface area contributed by atoms with E-state index in [1.165, 1.54) is 0 Å². The highest BCUT2D eigenvalue weighted by Gasteiger charge is 2.13. The third-order valence-electron chi connectivity index (χ3n) is 2.48. The van der Waals surface area contributed by atoms with E-state index in [1.807, 2.05) is 24.3 Å². The van der Waals surface area contributed by atoms with Crippen molar-refractivity contribution in [1.82, 2.24) is 4.98 Å². The van der Waals surface area contributed by atoms with E-state index >= 15 is 0 Å². The Balaban J connectivity index is 2.10. The molecule has 0 saturated heterocycles. The maximum Gasteiger partial charge on any atom is 0.248 e. The highest BCUT2D eigenvalue weighted by atomic mass is 16.7. The molecule has 1 aromatic carbocycles. The monoisotopic (exact) mass is 215 g/mol. The van der Waals surface area contributed by atoms with Crippen LogP contribution in [-0.2, 0) is 0 Å². The van der Waals surface area contributed by atoms with E-state index in [2.05, 4.69) is 4.98 Å². The van der Waals surface area contributed by atoms with E-state index in [9.17, 15) is 4.79 Å². The van der Waals surface area contributed by atoms with Crippen molar-refractivity contribution in [2.24, 2.45) is 0 Å². The van der Waals surface area contributed by atoms with Gasteiger partial charge >= 0.3 is 0 Å². The Morgan fingerprint density at radius 2 is 1.81 bits per heavy atom. The van der Waals surface area contributed by atoms with E-state index < -0.39 is 0 Å². The number of benzene rings is 1. The fourth-order valence-corrected chi connectivity index (χ4v) is 1.70. The van der Waals surface area contributed by atoms with Gasteiger partial charge in [0.15, 0.2) is 11.5 Å². The molecule has 80 valence electrons. The van der Waals surface area contributed by atoms with Gasteiger partial charge in [-0.3, -0.25) is 4.79 Å². The minimum Gasteiger partial charge on any atom is -0.454 e. The van der Waals surface area contributed by atoms with Crippen LogP contribution in [0.15, 0.2) is 41.3 Å². The number of pyridine rings is 1. The first kappa shape index (κ1) is 9.03. The molecule has 2 heterocycles. The standard InChI is InChI=1S/C12H9NO3/c14-12-6-9(3-4-13-12)8-1-2-10-11(5-8)16-7-15-10/h1-6H,7H2,(H,13,14). The van der Waals surface area contributed by atoms with Crippen molar-refractivity contribution in [1.29, 1.82) is 0 Å². The van der Waals surface area contributed by atoms with Gasteiger partial charge in [0, 0.05) is 12.3 Å². The molecule has 0 saturated carbocycles. The minimum atomic E-state index is -0.116. The average Bonchev–Trinajstić information content (AvgIpc) is 2.75. The van der Waals surface area contributed by atoms with Crippen LogP contribution < -0.4 is 15.0 Å². The summed E-state index contributed by atoms with van der Waals surface area (Å²) in [5.74, 6) is 1.46. The maximum atomic E-state index is 11.2. The topological polar surface area (TPSA) is 51.3 Å². The summed E-state index contributed by atoms with van der Waals surface area (Å²) in [5, 5.41) is 0. The molecule has 0 bridgehead atoms. The molecule has 0 amide bonds. The van der Waals surface area contributed by atoms with Crippen molar-refractivity contribution >= 4 is 0 Å². The number of rotatable bonds is 1. The zero-order chi connectivity index (χ0) is 11.0. The molecular weight excluding hydrogens is 206 g/mol. The first-order chi connectivity index (χ1) is 7.83. The summed E-state index contributed by atoms with van der Waals surface area (Å²) in [5.41, 5.74) is 1.69. The summed E-state index contributed by atoms with van der Waals surface area (Å²) in [6, 6.07) is 9.02. The van der Waals surface area contributed by atoms with Crippen LogP contribution in [0.1, 0.15) is 0 Å². The molecule has 0 spiro atoms. The molecule has 0 aliphatic carbocycles. The average molecular weight is 215 g/mol. The lowest BCUT2D eigenvalue weighted by atomic mass is 10.1. The van der Waals surface area contributed by atoms with Crippen molar-refractivity contribution in [3.8, 4) is 22.6 Å². The summed E-state index contributed by atoms with van der Waals surface area (Å²) in [6.45, 7) is 0.258. The molecule has 16 heavy (non-hydrogen) atoms. The van der Waals surface area contributed by atoms with Crippen molar-refractivity contribution in [3.63, 3.8) is 0 Å². The minimum absolute atomic E-state index is 0.116. The quantitative estimate of drug-likeness (QED) is 0.788. The van der Waals surface area contributed by atoms with Crippen LogP contribution in [0, 0.1) is 0 Å². The van der Waals surface area contributed by atoms with Gasteiger partial charge in [0.2, 0.25) is 12.4 Å². The molecule has 0 unspecified atom stereocenters. The van der Waals surface area contributed by atoms with Crippen molar-refractivity contribution in [2.75, 3.05) is 6.79 Å². The van der Waals surface area contributed by atoms with Crippen molar-refractivity contribution in [3.05, 3.63) is 46.9 Å². The molecule has 4 nitrogen and oxygen atoms in total. The fourth-order valence-electron chi connectivity index (χ4n) is 1.70. The van der Waals surface area contributed by atoms with E-state index in [0.717, 1.165) is 22.6 Å². The van der Waals surface area contributed by atoms with Crippen LogP contribution in [0.4, 0.5) is 0 Å². The van der Waals surface area contributed by atoms with E-state index in [1.54, 1.807) is 12.3 Å². The van der Waals surface area contributed by atoms with Gasteiger partial charge in [0.1, 0.15) is 0 Å². The number of fused-ring (bicyclic) bond motifs is 1. The van der Waals surface area contributed by atoms with Gasteiger partial charge in [-0.15, -0.1) is 0 Å². The Morgan fingerprint density at radius 3 is 2.69 bits per heavy atom. The normalized spacial score (nSPS) is 12.8. The third kappa shape index (κ3) is 1.44. The molecule has 3 rings (SSSR count). The van der Waals surface area contributed by atoms with E-state index in [-0.39, 0.29) is 12.4 Å². The van der Waals surface area contributed by atoms with Gasteiger partial charge in [-0.25, -0.2) is 0 Å². The summed E-state index contributed by atoms with van der Waals surface area (Å²) < 4.78 is 10.5. The largest absolute Gasteiger partial charge is 0.454 e. The second-order valence-electron chi connectivity index (χ2n) is 3.51. The zero-order valence-electron chi connectivity index (χ0n) is 8.40. The number of ether oxygens (including phenoxy) is 2. The number of nitrogens with one attached hydrogen (secondary N) is 1. The van der Waals surface area contributed by atoms with Crippen molar-refractivity contribution < 1.29 is 9.47 Å². The van der Waals surface area contributed by atoms with Crippen LogP contribution in [0.5, 0.6) is 11.5 Å². The second-order valence-corrected chi connectivity index (χ2v) is 3.51. The van der Waals surface area contributed by atoms with Crippen LogP contribution >= 0.6 is 0 Å². The van der Waals surface area contributed by atoms with E-state index in [4.69, 9.17) is 9.47 Å². The van der Waals surface area contributed by atoms with Gasteiger partial charge in [-0.1, -0.05) is 6.07 Å². The summed E-state index contributed by atoms with van der Waals surface area (Å²) >= 11 is 0. The summed E-state index contributed by atoms with van der Waals surface area (Å²) in [4.78, 5) is 13.8. The number of hydrogen-bond acceptors (Lipinski definition) is 3. The Kier molecular flexibility index (Phi) is 1.93. The zero-order valence-corrected chi connectivity index (χ0v) is 8.40. The maximum absolute atomic E-state index is 11.2. The highest BCUT2D eigenvalue weighted by Crippen LogP contribution is 2.35. The molecule has 1 N–H and O–H groups in total. The van der Waals surface area contributed by atoms with Gasteiger partial charge < -0.3 is 14.5 Å². The van der Waals surface area contributed by atoms with Crippen molar-refractivity contribution in [2.45, 2.75) is 0 Å². The van der Waals surface area contributed by atoms with Gasteiger partial charge in [0.05, 0.1) is 0 Å². The van der Waals surface area contributed by atoms with Crippen LogP contribution in [-0.4, -0.2) is 11.8 Å². The fraction of sp³-hybridized carbons (Fsp3) is 0.0833. The Hall–Kier alpha value is -2.23. The van der Waals surface area contributed by atoms with Crippen LogP contribution in [0.2, 0.25) is 0 Å².